The van der Waals surface area contributed by atoms with Gasteiger partial charge < -0.3 is 9.33 Å². The van der Waals surface area contributed by atoms with E-state index in [1.54, 1.807) is 6.08 Å². The molecule has 0 aliphatic carbocycles. The van der Waals surface area contributed by atoms with Crippen LogP contribution in [0.2, 0.25) is 18.1 Å². The van der Waals surface area contributed by atoms with Crippen LogP contribution in [-0.4, -0.2) is 37.8 Å². The van der Waals surface area contributed by atoms with Gasteiger partial charge in [0.25, 0.3) is 0 Å². The van der Waals surface area contributed by atoms with Crippen LogP contribution in [0, 0.1) is 0 Å². The third kappa shape index (κ3) is 4.30. The molecule has 120 valence electrons. The molecular formula is C17H31NO2Si. The molecule has 4 heteroatoms. The van der Waals surface area contributed by atoms with Crippen LogP contribution in [0.3, 0.4) is 0 Å². The largest absolute Gasteiger partial charge is 0.408 e. The van der Waals surface area contributed by atoms with Gasteiger partial charge in [0.2, 0.25) is 5.91 Å². The van der Waals surface area contributed by atoms with E-state index in [9.17, 15) is 4.79 Å². The minimum atomic E-state index is -1.86. The average molecular weight is 310 g/mol. The zero-order valence-electron chi connectivity index (χ0n) is 14.5. The summed E-state index contributed by atoms with van der Waals surface area (Å²) in [6, 6.07) is 0.140. The quantitative estimate of drug-likeness (QED) is 0.545. The summed E-state index contributed by atoms with van der Waals surface area (Å²) in [4.78, 5) is 14.0. The van der Waals surface area contributed by atoms with Gasteiger partial charge in [-0.05, 0) is 31.5 Å². The lowest BCUT2D eigenvalue weighted by atomic mass is 10.1. The lowest BCUT2D eigenvalue weighted by Gasteiger charge is -2.41. The fraction of sp³-hybridized carbons (Fsp3) is 0.706. The second-order valence-corrected chi connectivity index (χ2v) is 12.1. The molecule has 0 aromatic rings. The van der Waals surface area contributed by atoms with Gasteiger partial charge in [0, 0.05) is 13.0 Å². The molecule has 3 nitrogen and oxygen atoms in total. The Balaban J connectivity index is 2.96. The predicted molar refractivity (Wildman–Crippen MR) is 91.8 cm³/mol. The molecule has 2 atom stereocenters. The Morgan fingerprint density at radius 1 is 1.48 bits per heavy atom. The normalized spacial score (nSPS) is 22.1. The lowest BCUT2D eigenvalue weighted by Crippen LogP contribution is -2.50. The SMILES string of the molecule is C=CCN1C(=O)CC[C@@H]1[C@@H](/C=C/C)O[Si](C)(C)C(C)(C)C. The lowest BCUT2D eigenvalue weighted by molar-refractivity contribution is -0.129. The van der Waals surface area contributed by atoms with Gasteiger partial charge in [-0.3, -0.25) is 4.79 Å². The van der Waals surface area contributed by atoms with Gasteiger partial charge in [-0.1, -0.05) is 39.0 Å². The van der Waals surface area contributed by atoms with Gasteiger partial charge in [0.15, 0.2) is 8.32 Å². The fourth-order valence-electron chi connectivity index (χ4n) is 2.43. The van der Waals surface area contributed by atoms with Crippen LogP contribution in [0.25, 0.3) is 0 Å². The van der Waals surface area contributed by atoms with Crippen LogP contribution in [0.5, 0.6) is 0 Å². The van der Waals surface area contributed by atoms with Gasteiger partial charge in [-0.25, -0.2) is 0 Å². The minimum absolute atomic E-state index is 0.0118. The number of amides is 1. The number of nitrogens with zero attached hydrogens (tertiary/aromatic N) is 1. The smallest absolute Gasteiger partial charge is 0.223 e. The number of rotatable bonds is 6. The second-order valence-electron chi connectivity index (χ2n) is 7.31. The summed E-state index contributed by atoms with van der Waals surface area (Å²) < 4.78 is 6.58. The molecule has 21 heavy (non-hydrogen) atoms. The summed E-state index contributed by atoms with van der Waals surface area (Å²) in [6.07, 6.45) is 7.42. The van der Waals surface area contributed by atoms with E-state index in [0.717, 1.165) is 6.42 Å². The maximum atomic E-state index is 12.1. The number of carbonyl (C=O) groups is 1. The summed E-state index contributed by atoms with van der Waals surface area (Å²) in [5.74, 6) is 0.216. The highest BCUT2D eigenvalue weighted by molar-refractivity contribution is 6.74. The Labute approximate surface area is 131 Å². The molecule has 0 radical (unpaired) electrons. The van der Waals surface area contributed by atoms with Crippen molar-refractivity contribution in [2.24, 2.45) is 0 Å². The molecule has 0 aromatic heterocycles. The van der Waals surface area contributed by atoms with Crippen molar-refractivity contribution < 1.29 is 9.22 Å². The van der Waals surface area contributed by atoms with E-state index in [1.165, 1.54) is 0 Å². The van der Waals surface area contributed by atoms with Crippen molar-refractivity contribution in [1.82, 2.24) is 4.90 Å². The molecule has 0 spiro atoms. The van der Waals surface area contributed by atoms with E-state index >= 15 is 0 Å². The van der Waals surface area contributed by atoms with Crippen LogP contribution < -0.4 is 0 Å². The standard InChI is InChI=1S/C17H31NO2Si/c1-8-10-15(20-21(6,7)17(3,4)5)14-11-12-16(19)18(14)13-9-2/h8-10,14-15H,2,11-13H2,1,3-7H3/b10-8+/t14-,15-/m1/s1. The fourth-order valence-corrected chi connectivity index (χ4v) is 3.70. The van der Waals surface area contributed by atoms with E-state index in [2.05, 4.69) is 46.5 Å². The molecular weight excluding hydrogens is 278 g/mol. The van der Waals surface area contributed by atoms with Crippen molar-refractivity contribution in [2.75, 3.05) is 6.54 Å². The molecule has 0 aromatic carbocycles. The number of hydrogen-bond acceptors (Lipinski definition) is 2. The van der Waals surface area contributed by atoms with Crippen molar-refractivity contribution in [3.8, 4) is 0 Å². The molecule has 1 aliphatic heterocycles. The molecule has 1 fully saturated rings. The van der Waals surface area contributed by atoms with Crippen molar-refractivity contribution >= 4 is 14.2 Å². The zero-order valence-corrected chi connectivity index (χ0v) is 15.5. The van der Waals surface area contributed by atoms with E-state index < -0.39 is 8.32 Å². The van der Waals surface area contributed by atoms with E-state index in [4.69, 9.17) is 4.43 Å². The summed E-state index contributed by atoms with van der Waals surface area (Å²) in [6.45, 7) is 17.6. The van der Waals surface area contributed by atoms with Crippen LogP contribution in [0.15, 0.2) is 24.8 Å². The second kappa shape index (κ2) is 6.92. The summed E-state index contributed by atoms with van der Waals surface area (Å²) >= 11 is 0. The van der Waals surface area contributed by atoms with Gasteiger partial charge in [-0.2, -0.15) is 0 Å². The molecule has 0 N–H and O–H groups in total. The monoisotopic (exact) mass is 309 g/mol. The molecule has 1 heterocycles. The Kier molecular flexibility index (Phi) is 5.99. The van der Waals surface area contributed by atoms with E-state index in [1.807, 2.05) is 17.9 Å². The average Bonchev–Trinajstić information content (AvgIpc) is 2.70. The van der Waals surface area contributed by atoms with Gasteiger partial charge in [0.1, 0.15) is 0 Å². The summed E-state index contributed by atoms with van der Waals surface area (Å²) in [5, 5.41) is 0.165. The van der Waals surface area contributed by atoms with E-state index in [-0.39, 0.29) is 23.1 Å². The highest BCUT2D eigenvalue weighted by atomic mass is 28.4. The van der Waals surface area contributed by atoms with Crippen molar-refractivity contribution in [3.63, 3.8) is 0 Å². The molecule has 1 amide bonds. The molecule has 1 aliphatic rings. The van der Waals surface area contributed by atoms with Gasteiger partial charge in [0.05, 0.1) is 12.1 Å². The van der Waals surface area contributed by atoms with Crippen LogP contribution in [-0.2, 0) is 9.22 Å². The van der Waals surface area contributed by atoms with Crippen molar-refractivity contribution in [3.05, 3.63) is 24.8 Å². The molecule has 0 saturated carbocycles. The maximum absolute atomic E-state index is 12.1. The third-order valence-electron chi connectivity index (χ3n) is 4.70. The first-order chi connectivity index (χ1) is 9.64. The van der Waals surface area contributed by atoms with Crippen LogP contribution >= 0.6 is 0 Å². The van der Waals surface area contributed by atoms with Gasteiger partial charge in [-0.15, -0.1) is 6.58 Å². The van der Waals surface area contributed by atoms with Gasteiger partial charge >= 0.3 is 0 Å². The molecule has 1 rings (SSSR count). The first-order valence-electron chi connectivity index (χ1n) is 7.85. The number of allylic oxidation sites excluding steroid dienone is 1. The Morgan fingerprint density at radius 2 is 2.10 bits per heavy atom. The minimum Gasteiger partial charge on any atom is -0.408 e. The van der Waals surface area contributed by atoms with E-state index in [0.29, 0.717) is 13.0 Å². The molecule has 1 saturated heterocycles. The summed E-state index contributed by atoms with van der Waals surface area (Å²) in [5.41, 5.74) is 0. The first kappa shape index (κ1) is 18.2. The topological polar surface area (TPSA) is 29.5 Å². The zero-order chi connectivity index (χ0) is 16.3. The van der Waals surface area contributed by atoms with Crippen LogP contribution in [0.4, 0.5) is 0 Å². The number of hydrogen-bond donors (Lipinski definition) is 0. The van der Waals surface area contributed by atoms with Crippen LogP contribution in [0.1, 0.15) is 40.5 Å². The van der Waals surface area contributed by atoms with Crippen molar-refractivity contribution in [2.45, 2.75) is 70.8 Å². The Morgan fingerprint density at radius 3 is 2.57 bits per heavy atom. The number of likely N-dealkylation sites (tertiary alicyclic amines) is 1. The Bertz CT molecular complexity index is 410. The number of carbonyl (C=O) groups excluding carboxylic acids is 1. The predicted octanol–water partition coefficient (Wildman–Crippen LogP) is 4.13. The highest BCUT2D eigenvalue weighted by Crippen LogP contribution is 2.39. The maximum Gasteiger partial charge on any atom is 0.223 e. The third-order valence-corrected chi connectivity index (χ3v) is 9.17. The highest BCUT2D eigenvalue weighted by Gasteiger charge is 2.43. The molecule has 0 bridgehead atoms. The Hall–Kier alpha value is -0.873. The summed E-state index contributed by atoms with van der Waals surface area (Å²) in [7, 11) is -1.86. The molecule has 0 unspecified atom stereocenters. The van der Waals surface area contributed by atoms with Crippen molar-refractivity contribution in [1.29, 1.82) is 0 Å². The first-order valence-corrected chi connectivity index (χ1v) is 10.8.